The van der Waals surface area contributed by atoms with Crippen LogP contribution in [0.25, 0.3) is 10.9 Å². The van der Waals surface area contributed by atoms with Crippen LogP contribution < -0.4 is 5.32 Å². The first kappa shape index (κ1) is 28.0. The number of hydrogen-bond donors (Lipinski definition) is 1. The molecular formula is C28H22F7N3O. The zero-order chi connectivity index (χ0) is 28.5. The highest BCUT2D eigenvalue weighted by Gasteiger charge is 2.38. The molecule has 4 nitrogen and oxygen atoms in total. The van der Waals surface area contributed by atoms with Gasteiger partial charge in [0.25, 0.3) is 5.91 Å². The number of halogens is 7. The van der Waals surface area contributed by atoms with Gasteiger partial charge in [-0.2, -0.15) is 26.3 Å². The molecule has 0 radical (unpaired) electrons. The number of pyridine rings is 2. The van der Waals surface area contributed by atoms with Crippen molar-refractivity contribution in [1.82, 2.24) is 15.3 Å². The van der Waals surface area contributed by atoms with Gasteiger partial charge in [-0.05, 0) is 54.3 Å². The first-order chi connectivity index (χ1) is 18.3. The molecule has 0 aliphatic rings. The Morgan fingerprint density at radius 2 is 1.59 bits per heavy atom. The Balaban J connectivity index is 1.87. The molecule has 0 saturated heterocycles. The zero-order valence-corrected chi connectivity index (χ0v) is 20.7. The molecule has 4 aromatic rings. The molecule has 4 rings (SSSR count). The molecule has 0 saturated carbocycles. The number of fused-ring (bicyclic) bond motifs is 1. The molecule has 1 atom stereocenters. The molecule has 2 aromatic carbocycles. The standard InChI is InChI=1S/C28H22F7N3O/c1-15(2)12-17-14-19(18-6-3-4-8-23(18)37-17)26(39)38-24(25-21(28(33,34)35)7-5-11-36-25)16-9-10-20(22(29)13-16)27(30,31)32/h3-11,13-15,24H,12H2,1-2H3,(H,38,39). The van der Waals surface area contributed by atoms with Gasteiger partial charge in [0, 0.05) is 17.3 Å². The van der Waals surface area contributed by atoms with Crippen molar-refractivity contribution < 1.29 is 35.5 Å². The maximum atomic E-state index is 14.5. The highest BCUT2D eigenvalue weighted by atomic mass is 19.4. The summed E-state index contributed by atoms with van der Waals surface area (Å²) in [6.07, 6.45) is -8.37. The van der Waals surface area contributed by atoms with Crippen LogP contribution >= 0.6 is 0 Å². The van der Waals surface area contributed by atoms with Crippen LogP contribution in [-0.2, 0) is 18.8 Å². The topological polar surface area (TPSA) is 54.9 Å². The number of alkyl halides is 6. The van der Waals surface area contributed by atoms with Crippen molar-refractivity contribution in [2.24, 2.45) is 5.92 Å². The molecule has 204 valence electrons. The number of amides is 1. The summed E-state index contributed by atoms with van der Waals surface area (Å²) >= 11 is 0. The van der Waals surface area contributed by atoms with Gasteiger partial charge in [0.05, 0.1) is 33.9 Å². The largest absolute Gasteiger partial charge is 0.419 e. The van der Waals surface area contributed by atoms with Crippen LogP contribution in [0.3, 0.4) is 0 Å². The molecule has 0 fully saturated rings. The quantitative estimate of drug-likeness (QED) is 0.253. The Kier molecular flexibility index (Phi) is 7.63. The van der Waals surface area contributed by atoms with Crippen LogP contribution in [0.2, 0.25) is 0 Å². The van der Waals surface area contributed by atoms with E-state index >= 15 is 0 Å². The van der Waals surface area contributed by atoms with E-state index in [1.165, 1.54) is 6.07 Å². The minimum absolute atomic E-state index is 0.0955. The number of carbonyl (C=O) groups is 1. The number of hydrogen-bond acceptors (Lipinski definition) is 3. The van der Waals surface area contributed by atoms with E-state index in [1.54, 1.807) is 24.3 Å². The number of rotatable bonds is 6. The third-order valence-corrected chi connectivity index (χ3v) is 5.96. The van der Waals surface area contributed by atoms with Gasteiger partial charge < -0.3 is 5.32 Å². The van der Waals surface area contributed by atoms with Gasteiger partial charge in [0.2, 0.25) is 0 Å². The second-order valence-electron chi connectivity index (χ2n) is 9.35. The molecule has 0 aliphatic carbocycles. The summed E-state index contributed by atoms with van der Waals surface area (Å²) < 4.78 is 95.6. The average Bonchev–Trinajstić information content (AvgIpc) is 2.85. The maximum absolute atomic E-state index is 14.5. The van der Waals surface area contributed by atoms with E-state index in [9.17, 15) is 35.5 Å². The Labute approximate surface area is 218 Å². The van der Waals surface area contributed by atoms with Crippen molar-refractivity contribution in [3.8, 4) is 0 Å². The van der Waals surface area contributed by atoms with E-state index in [1.807, 2.05) is 13.8 Å². The Hall–Kier alpha value is -4.02. The summed E-state index contributed by atoms with van der Waals surface area (Å²) in [6.45, 7) is 3.90. The highest BCUT2D eigenvalue weighted by Crippen LogP contribution is 2.37. The lowest BCUT2D eigenvalue weighted by Crippen LogP contribution is -2.32. The second-order valence-corrected chi connectivity index (χ2v) is 9.35. The van der Waals surface area contributed by atoms with E-state index in [0.717, 1.165) is 24.4 Å². The Morgan fingerprint density at radius 1 is 0.897 bits per heavy atom. The third-order valence-electron chi connectivity index (χ3n) is 5.96. The second kappa shape index (κ2) is 10.6. The maximum Gasteiger partial charge on any atom is 0.419 e. The van der Waals surface area contributed by atoms with Gasteiger partial charge in [-0.3, -0.25) is 14.8 Å². The molecule has 2 aromatic heterocycles. The van der Waals surface area contributed by atoms with E-state index in [2.05, 4.69) is 15.3 Å². The molecule has 0 aliphatic heterocycles. The molecular weight excluding hydrogens is 527 g/mol. The number of benzene rings is 2. The van der Waals surface area contributed by atoms with Crippen LogP contribution in [0.4, 0.5) is 30.7 Å². The lowest BCUT2D eigenvalue weighted by Gasteiger charge is -2.23. The minimum Gasteiger partial charge on any atom is -0.339 e. The summed E-state index contributed by atoms with van der Waals surface area (Å²) in [5.41, 5.74) is -2.72. The first-order valence-electron chi connectivity index (χ1n) is 11.8. The predicted octanol–water partition coefficient (Wildman–Crippen LogP) is 7.52. The van der Waals surface area contributed by atoms with E-state index in [-0.39, 0.29) is 17.0 Å². The van der Waals surface area contributed by atoms with Crippen molar-refractivity contribution in [3.05, 3.63) is 106 Å². The summed E-state index contributed by atoms with van der Waals surface area (Å²) in [5.74, 6) is -2.35. The van der Waals surface area contributed by atoms with Crippen LogP contribution in [0.1, 0.15) is 58.3 Å². The number of aromatic nitrogens is 2. The summed E-state index contributed by atoms with van der Waals surface area (Å²) in [6, 6.07) is 9.92. The summed E-state index contributed by atoms with van der Waals surface area (Å²) in [5, 5.41) is 2.87. The number of nitrogens with one attached hydrogen (secondary N) is 1. The molecule has 0 bridgehead atoms. The molecule has 11 heteroatoms. The van der Waals surface area contributed by atoms with Gasteiger partial charge >= 0.3 is 12.4 Å². The zero-order valence-electron chi connectivity index (χ0n) is 20.7. The number of nitrogens with zero attached hydrogens (tertiary/aromatic N) is 2. The monoisotopic (exact) mass is 549 g/mol. The van der Waals surface area contributed by atoms with Crippen molar-refractivity contribution in [1.29, 1.82) is 0 Å². The van der Waals surface area contributed by atoms with Crippen LogP contribution in [0, 0.1) is 11.7 Å². The fourth-order valence-corrected chi connectivity index (χ4v) is 4.29. The lowest BCUT2D eigenvalue weighted by atomic mass is 9.96. The van der Waals surface area contributed by atoms with E-state index < -0.39 is 46.9 Å². The Morgan fingerprint density at radius 3 is 2.23 bits per heavy atom. The number of para-hydroxylation sites is 1. The molecule has 39 heavy (non-hydrogen) atoms. The van der Waals surface area contributed by atoms with Crippen molar-refractivity contribution in [2.75, 3.05) is 0 Å². The molecule has 1 amide bonds. The minimum atomic E-state index is -5.02. The highest BCUT2D eigenvalue weighted by molar-refractivity contribution is 6.06. The van der Waals surface area contributed by atoms with Crippen LogP contribution in [0.15, 0.2) is 66.9 Å². The van der Waals surface area contributed by atoms with Crippen molar-refractivity contribution >= 4 is 16.8 Å². The van der Waals surface area contributed by atoms with Crippen LogP contribution in [0.5, 0.6) is 0 Å². The Bertz CT molecular complexity index is 1510. The van der Waals surface area contributed by atoms with Crippen LogP contribution in [-0.4, -0.2) is 15.9 Å². The van der Waals surface area contributed by atoms with E-state index in [4.69, 9.17) is 0 Å². The summed E-state index contributed by atoms with van der Waals surface area (Å²) in [7, 11) is 0. The van der Waals surface area contributed by atoms with Gasteiger partial charge in [-0.25, -0.2) is 4.39 Å². The normalized spacial score (nSPS) is 13.1. The first-order valence-corrected chi connectivity index (χ1v) is 11.8. The average molecular weight is 549 g/mol. The SMILES string of the molecule is CC(C)Cc1cc(C(=O)NC(c2ccc(C(F)(F)F)c(F)c2)c2ncccc2C(F)(F)F)c2ccccc2n1. The van der Waals surface area contributed by atoms with Gasteiger partial charge in [0.1, 0.15) is 5.82 Å². The smallest absolute Gasteiger partial charge is 0.339 e. The molecule has 1 unspecified atom stereocenters. The number of carbonyl (C=O) groups excluding carboxylic acids is 1. The van der Waals surface area contributed by atoms with Crippen molar-refractivity contribution in [3.63, 3.8) is 0 Å². The predicted molar refractivity (Wildman–Crippen MR) is 130 cm³/mol. The lowest BCUT2D eigenvalue weighted by molar-refractivity contribution is -0.140. The van der Waals surface area contributed by atoms with Crippen molar-refractivity contribution in [2.45, 2.75) is 38.7 Å². The van der Waals surface area contributed by atoms with Gasteiger partial charge in [-0.1, -0.05) is 38.1 Å². The fraction of sp³-hybridized carbons (Fsp3) is 0.250. The van der Waals surface area contributed by atoms with E-state index in [0.29, 0.717) is 35.2 Å². The van der Waals surface area contributed by atoms with Gasteiger partial charge in [-0.15, -0.1) is 0 Å². The molecule has 1 N–H and O–H groups in total. The van der Waals surface area contributed by atoms with Gasteiger partial charge in [0.15, 0.2) is 0 Å². The fourth-order valence-electron chi connectivity index (χ4n) is 4.29. The third kappa shape index (κ3) is 6.18. The molecule has 0 spiro atoms. The summed E-state index contributed by atoms with van der Waals surface area (Å²) in [4.78, 5) is 21.9. The molecule has 2 heterocycles.